The maximum Gasteiger partial charge on any atom is 0.308 e. The van der Waals surface area contributed by atoms with Gasteiger partial charge in [-0.2, -0.15) is 0 Å². The first kappa shape index (κ1) is 35.2. The van der Waals surface area contributed by atoms with Crippen LogP contribution in [0.4, 0.5) is 0 Å². The number of hydrogen-bond acceptors (Lipinski definition) is 8. The Morgan fingerprint density at radius 2 is 0.917 bits per heavy atom. The van der Waals surface area contributed by atoms with Gasteiger partial charge in [-0.3, -0.25) is 4.79 Å². The van der Waals surface area contributed by atoms with E-state index < -0.39 is 43.3 Å². The van der Waals surface area contributed by atoms with E-state index in [4.69, 9.17) is 5.11 Å². The summed E-state index contributed by atoms with van der Waals surface area (Å²) in [4.78, 5) is 11.8. The van der Waals surface area contributed by atoms with Gasteiger partial charge in [-0.15, -0.1) is 0 Å². The summed E-state index contributed by atoms with van der Waals surface area (Å²) in [6.07, 6.45) is 14.4. The van der Waals surface area contributed by atoms with Crippen molar-refractivity contribution in [2.24, 2.45) is 0 Å². The molecule has 216 valence electrons. The predicted octanol–water partition coefficient (Wildman–Crippen LogP) is 4.11. The van der Waals surface area contributed by atoms with Gasteiger partial charge in [0, 0.05) is 6.42 Å². The number of aliphatic hydroxyl groups is 6. The zero-order chi connectivity index (χ0) is 27.0. The Bertz CT molecular complexity index is 490. The zero-order valence-corrected chi connectivity index (χ0v) is 22.7. The third kappa shape index (κ3) is 19.4. The van der Waals surface area contributed by atoms with E-state index in [1.54, 1.807) is 0 Å². The second-order valence-corrected chi connectivity index (χ2v) is 10.2. The smallest absolute Gasteiger partial charge is 0.308 e. The molecule has 0 fully saturated rings. The molecule has 0 aliphatic heterocycles. The van der Waals surface area contributed by atoms with Crippen LogP contribution in [0.2, 0.25) is 0 Å². The SMILES string of the molecule is CCCCCCCCCCCCCCCCCCCCCC(=O)OC(O)[C@@H](O)[C@@H](O)[C@H](O)[C@H](O)CO. The zero-order valence-electron chi connectivity index (χ0n) is 22.7. The van der Waals surface area contributed by atoms with Crippen LogP contribution in [-0.4, -0.2) is 73.9 Å². The summed E-state index contributed by atoms with van der Waals surface area (Å²) >= 11 is 0. The average molecular weight is 521 g/mol. The molecule has 0 heterocycles. The number of ether oxygens (including phenoxy) is 1. The van der Waals surface area contributed by atoms with Crippen LogP contribution in [0.25, 0.3) is 0 Å². The molecule has 8 heteroatoms. The number of aliphatic hydroxyl groups excluding tert-OH is 6. The first-order valence-electron chi connectivity index (χ1n) is 14.6. The van der Waals surface area contributed by atoms with Gasteiger partial charge in [-0.05, 0) is 6.42 Å². The van der Waals surface area contributed by atoms with Crippen molar-refractivity contribution >= 4 is 5.97 Å². The Morgan fingerprint density at radius 1 is 0.556 bits per heavy atom. The number of carbonyl (C=O) groups is 1. The van der Waals surface area contributed by atoms with Gasteiger partial charge in [0.05, 0.1) is 6.61 Å². The minimum atomic E-state index is -2.03. The molecule has 1 unspecified atom stereocenters. The third-order valence-corrected chi connectivity index (χ3v) is 6.81. The number of esters is 1. The number of hydrogen-bond donors (Lipinski definition) is 6. The lowest BCUT2D eigenvalue weighted by molar-refractivity contribution is -0.213. The average Bonchev–Trinajstić information content (AvgIpc) is 2.88. The first-order valence-corrected chi connectivity index (χ1v) is 14.6. The Balaban J connectivity index is 3.50. The molecule has 0 aromatic carbocycles. The van der Waals surface area contributed by atoms with Crippen LogP contribution in [-0.2, 0) is 9.53 Å². The standard InChI is InChI=1S/C28H56O8/c1-2-3-4-5-6-7-8-9-10-11-12-13-14-15-16-17-18-19-20-21-24(31)36-28(35)27(34)26(33)25(32)23(30)22-29/h23,25-30,32-35H,2-22H2,1H3/t23-,25-,26+,27+,28?/m1/s1. The Labute approximate surface area is 219 Å². The fourth-order valence-corrected chi connectivity index (χ4v) is 4.32. The van der Waals surface area contributed by atoms with Crippen molar-refractivity contribution in [3.05, 3.63) is 0 Å². The van der Waals surface area contributed by atoms with Crippen molar-refractivity contribution in [1.82, 2.24) is 0 Å². The summed E-state index contributed by atoms with van der Waals surface area (Å²) in [6.45, 7) is 1.43. The van der Waals surface area contributed by atoms with Crippen molar-refractivity contribution < 1.29 is 40.2 Å². The van der Waals surface area contributed by atoms with Gasteiger partial charge in [0.2, 0.25) is 6.29 Å². The van der Waals surface area contributed by atoms with E-state index in [-0.39, 0.29) is 6.42 Å². The maximum atomic E-state index is 11.8. The van der Waals surface area contributed by atoms with Crippen molar-refractivity contribution in [3.8, 4) is 0 Å². The molecule has 6 N–H and O–H groups in total. The normalized spacial score (nSPS) is 15.9. The summed E-state index contributed by atoms with van der Waals surface area (Å²) in [5.41, 5.74) is 0. The minimum Gasteiger partial charge on any atom is -0.433 e. The highest BCUT2D eigenvalue weighted by molar-refractivity contribution is 5.69. The summed E-state index contributed by atoms with van der Waals surface area (Å²) in [7, 11) is 0. The number of rotatable bonds is 26. The van der Waals surface area contributed by atoms with Crippen LogP contribution in [0, 0.1) is 0 Å². The molecule has 0 aromatic rings. The number of carbonyl (C=O) groups excluding carboxylic acids is 1. The summed E-state index contributed by atoms with van der Waals surface area (Å²) in [6, 6.07) is 0. The van der Waals surface area contributed by atoms with Crippen LogP contribution in [0.1, 0.15) is 135 Å². The lowest BCUT2D eigenvalue weighted by Gasteiger charge is -2.28. The van der Waals surface area contributed by atoms with Gasteiger partial charge in [0.15, 0.2) is 0 Å². The second kappa shape index (κ2) is 24.6. The van der Waals surface area contributed by atoms with E-state index in [1.807, 2.05) is 0 Å². The van der Waals surface area contributed by atoms with E-state index in [0.717, 1.165) is 19.3 Å². The molecule has 0 amide bonds. The van der Waals surface area contributed by atoms with Crippen LogP contribution in [0.15, 0.2) is 0 Å². The van der Waals surface area contributed by atoms with Crippen molar-refractivity contribution in [2.45, 2.75) is 166 Å². The van der Waals surface area contributed by atoms with Crippen molar-refractivity contribution in [2.75, 3.05) is 6.61 Å². The van der Waals surface area contributed by atoms with Gasteiger partial charge in [0.1, 0.15) is 24.4 Å². The van der Waals surface area contributed by atoms with Gasteiger partial charge < -0.3 is 35.4 Å². The van der Waals surface area contributed by atoms with E-state index >= 15 is 0 Å². The molecule has 0 aliphatic rings. The fraction of sp³-hybridized carbons (Fsp3) is 0.964. The maximum absolute atomic E-state index is 11.8. The van der Waals surface area contributed by atoms with Crippen LogP contribution in [0.5, 0.6) is 0 Å². The Morgan fingerprint density at radius 3 is 1.28 bits per heavy atom. The molecule has 36 heavy (non-hydrogen) atoms. The molecular weight excluding hydrogens is 464 g/mol. The van der Waals surface area contributed by atoms with E-state index in [0.29, 0.717) is 6.42 Å². The Hall–Kier alpha value is -0.770. The van der Waals surface area contributed by atoms with E-state index in [1.165, 1.54) is 96.3 Å². The molecule has 0 aliphatic carbocycles. The fourth-order valence-electron chi connectivity index (χ4n) is 4.32. The monoisotopic (exact) mass is 520 g/mol. The van der Waals surface area contributed by atoms with Gasteiger partial charge in [-0.1, -0.05) is 122 Å². The van der Waals surface area contributed by atoms with Crippen molar-refractivity contribution in [1.29, 1.82) is 0 Å². The van der Waals surface area contributed by atoms with Crippen LogP contribution >= 0.6 is 0 Å². The molecule has 0 spiro atoms. The Kier molecular flexibility index (Phi) is 24.0. The van der Waals surface area contributed by atoms with Crippen molar-refractivity contribution in [3.63, 3.8) is 0 Å². The summed E-state index contributed by atoms with van der Waals surface area (Å²) in [5.74, 6) is -0.710. The predicted molar refractivity (Wildman–Crippen MR) is 141 cm³/mol. The van der Waals surface area contributed by atoms with E-state index in [9.17, 15) is 30.3 Å². The lowest BCUT2D eigenvalue weighted by atomic mass is 10.0. The molecule has 5 atom stereocenters. The van der Waals surface area contributed by atoms with Gasteiger partial charge in [0.25, 0.3) is 0 Å². The molecule has 0 bridgehead atoms. The van der Waals surface area contributed by atoms with Crippen LogP contribution < -0.4 is 0 Å². The topological polar surface area (TPSA) is 148 Å². The number of unbranched alkanes of at least 4 members (excludes halogenated alkanes) is 18. The molecule has 0 aromatic heterocycles. The molecule has 0 saturated heterocycles. The second-order valence-electron chi connectivity index (χ2n) is 10.2. The highest BCUT2D eigenvalue weighted by Crippen LogP contribution is 2.15. The molecular formula is C28H56O8. The molecule has 0 saturated carbocycles. The third-order valence-electron chi connectivity index (χ3n) is 6.81. The van der Waals surface area contributed by atoms with E-state index in [2.05, 4.69) is 11.7 Å². The summed E-state index contributed by atoms with van der Waals surface area (Å²) in [5, 5.41) is 56.7. The quantitative estimate of drug-likeness (QED) is 0.0567. The highest BCUT2D eigenvalue weighted by Gasteiger charge is 2.35. The lowest BCUT2D eigenvalue weighted by Crippen LogP contribution is -2.50. The highest BCUT2D eigenvalue weighted by atomic mass is 16.6. The molecule has 0 rings (SSSR count). The van der Waals surface area contributed by atoms with Gasteiger partial charge in [-0.25, -0.2) is 0 Å². The molecule has 8 nitrogen and oxygen atoms in total. The molecule has 0 radical (unpaired) electrons. The minimum absolute atomic E-state index is 0.0839. The first-order chi connectivity index (χ1) is 17.3. The largest absolute Gasteiger partial charge is 0.433 e. The summed E-state index contributed by atoms with van der Waals surface area (Å²) < 4.78 is 4.69. The van der Waals surface area contributed by atoms with Gasteiger partial charge >= 0.3 is 5.97 Å². The van der Waals surface area contributed by atoms with Crippen LogP contribution in [0.3, 0.4) is 0 Å².